The van der Waals surface area contributed by atoms with Gasteiger partial charge in [-0.2, -0.15) is 0 Å². The Morgan fingerprint density at radius 1 is 1.25 bits per heavy atom. The smallest absolute Gasteiger partial charge is 0.795 e. The second-order valence-electron chi connectivity index (χ2n) is 1.86. The molecular formula is C6H8F2NaO2P. The number of allylic oxidation sites excluding steroid dienone is 2. The summed E-state index contributed by atoms with van der Waals surface area (Å²) in [5, 5.41) is 0. The minimum Gasteiger partial charge on any atom is -0.795 e. The zero-order valence-corrected chi connectivity index (χ0v) is 9.64. The van der Waals surface area contributed by atoms with E-state index in [0.717, 1.165) is 0 Å². The van der Waals surface area contributed by atoms with Gasteiger partial charge in [0.25, 0.3) is 0 Å². The molecule has 0 aromatic carbocycles. The third-order valence-electron chi connectivity index (χ3n) is 1.08. The average Bonchev–Trinajstić information content (AvgIpc) is 2.01. The molecule has 2 nitrogen and oxygen atoms in total. The Balaban J connectivity index is 0. The van der Waals surface area contributed by atoms with Crippen molar-refractivity contribution in [2.24, 2.45) is 0 Å². The monoisotopic (exact) mass is 204 g/mol. The van der Waals surface area contributed by atoms with E-state index in [1.165, 1.54) is 0 Å². The van der Waals surface area contributed by atoms with Crippen LogP contribution in [-0.2, 0) is 4.57 Å². The van der Waals surface area contributed by atoms with Gasteiger partial charge in [-0.15, -0.1) is 0 Å². The summed E-state index contributed by atoms with van der Waals surface area (Å²) in [6, 6.07) is 0. The van der Waals surface area contributed by atoms with Gasteiger partial charge in [0.2, 0.25) is 0 Å². The van der Waals surface area contributed by atoms with Crippen molar-refractivity contribution >= 4 is 7.37 Å². The largest absolute Gasteiger partial charge is 1.00 e. The van der Waals surface area contributed by atoms with E-state index in [1.54, 1.807) is 0 Å². The summed E-state index contributed by atoms with van der Waals surface area (Å²) >= 11 is 0. The SMILES string of the molecule is C=CC(F)P(=O)([O-])C(F)C=C.[Na+]. The molecule has 0 saturated heterocycles. The van der Waals surface area contributed by atoms with Crippen LogP contribution in [0.1, 0.15) is 0 Å². The fourth-order valence-corrected chi connectivity index (χ4v) is 1.29. The Bertz CT molecular complexity index is 192. The van der Waals surface area contributed by atoms with E-state index in [2.05, 4.69) is 13.2 Å². The Hall–Kier alpha value is 0.530. The number of rotatable bonds is 4. The molecule has 0 bridgehead atoms. The fourth-order valence-electron chi connectivity index (χ4n) is 0.430. The molecule has 2 unspecified atom stereocenters. The van der Waals surface area contributed by atoms with E-state index in [4.69, 9.17) is 0 Å². The second-order valence-corrected chi connectivity index (χ2v) is 4.14. The van der Waals surface area contributed by atoms with Crippen LogP contribution in [0.2, 0.25) is 0 Å². The zero-order valence-electron chi connectivity index (χ0n) is 6.74. The zero-order chi connectivity index (χ0) is 9.07. The van der Waals surface area contributed by atoms with Gasteiger partial charge in [-0.3, -0.25) is 0 Å². The Morgan fingerprint density at radius 3 is 1.67 bits per heavy atom. The van der Waals surface area contributed by atoms with Crippen molar-refractivity contribution in [3.63, 3.8) is 0 Å². The maximum Gasteiger partial charge on any atom is 1.00 e. The van der Waals surface area contributed by atoms with E-state index >= 15 is 0 Å². The first-order chi connectivity index (χ1) is 4.96. The maximum absolute atomic E-state index is 12.4. The van der Waals surface area contributed by atoms with Crippen molar-refractivity contribution in [1.82, 2.24) is 0 Å². The average molecular weight is 204 g/mol. The van der Waals surface area contributed by atoms with Crippen molar-refractivity contribution < 1.29 is 47.8 Å². The van der Waals surface area contributed by atoms with Gasteiger partial charge in [0.1, 0.15) is 0 Å². The maximum atomic E-state index is 12.4. The summed E-state index contributed by atoms with van der Waals surface area (Å²) in [6.45, 7) is 5.79. The first-order valence-corrected chi connectivity index (χ1v) is 4.56. The molecule has 0 heterocycles. The van der Waals surface area contributed by atoms with Crippen LogP contribution in [0.3, 0.4) is 0 Å². The summed E-state index contributed by atoms with van der Waals surface area (Å²) in [4.78, 5) is 10.6. The summed E-state index contributed by atoms with van der Waals surface area (Å²) in [7, 11) is -4.69. The molecule has 0 fully saturated rings. The van der Waals surface area contributed by atoms with Crippen LogP contribution in [0, 0.1) is 0 Å². The Kier molecular flexibility index (Phi) is 7.58. The third-order valence-corrected chi connectivity index (χ3v) is 2.87. The van der Waals surface area contributed by atoms with E-state index in [0.29, 0.717) is 12.2 Å². The topological polar surface area (TPSA) is 40.1 Å². The van der Waals surface area contributed by atoms with Gasteiger partial charge in [0.15, 0.2) is 11.8 Å². The van der Waals surface area contributed by atoms with Crippen molar-refractivity contribution in [2.75, 3.05) is 0 Å². The van der Waals surface area contributed by atoms with Gasteiger partial charge in [0.05, 0.1) is 7.37 Å². The van der Waals surface area contributed by atoms with E-state index < -0.39 is 19.2 Å². The number of hydrogen-bond acceptors (Lipinski definition) is 2. The summed E-state index contributed by atoms with van der Waals surface area (Å²) < 4.78 is 35.4. The van der Waals surface area contributed by atoms with Crippen molar-refractivity contribution in [1.29, 1.82) is 0 Å². The molecule has 0 aliphatic heterocycles. The molecule has 0 saturated carbocycles. The molecule has 0 radical (unpaired) electrons. The minimum absolute atomic E-state index is 0. The first-order valence-electron chi connectivity index (χ1n) is 2.80. The number of hydrogen-bond donors (Lipinski definition) is 0. The van der Waals surface area contributed by atoms with E-state index in [-0.39, 0.29) is 29.6 Å². The van der Waals surface area contributed by atoms with Crippen molar-refractivity contribution in [3.05, 3.63) is 25.3 Å². The Labute approximate surface area is 92.1 Å². The molecular weight excluding hydrogens is 196 g/mol. The Morgan fingerprint density at radius 2 is 1.50 bits per heavy atom. The molecule has 6 heteroatoms. The first kappa shape index (κ1) is 15.0. The molecule has 12 heavy (non-hydrogen) atoms. The van der Waals surface area contributed by atoms with Crippen LogP contribution in [-0.4, -0.2) is 11.8 Å². The van der Waals surface area contributed by atoms with E-state index in [9.17, 15) is 18.2 Å². The standard InChI is InChI=1S/C6H9F2O2P.Na/c1-3-5(7)11(9,10)6(8)4-2;/h3-6H,1-2H2,(H,9,10);/q;+1/p-1. The molecule has 0 aromatic heterocycles. The fraction of sp³-hybridized carbons (Fsp3) is 0.333. The molecule has 0 spiro atoms. The van der Waals surface area contributed by atoms with Crippen molar-refractivity contribution in [2.45, 2.75) is 11.8 Å². The third kappa shape index (κ3) is 3.50. The molecule has 0 rings (SSSR count). The molecule has 2 atom stereocenters. The van der Waals surface area contributed by atoms with Crippen LogP contribution < -0.4 is 34.5 Å². The predicted octanol–water partition coefficient (Wildman–Crippen LogP) is -1.41. The van der Waals surface area contributed by atoms with Gasteiger partial charge in [-0.05, 0) is 0 Å². The van der Waals surface area contributed by atoms with Gasteiger partial charge >= 0.3 is 29.6 Å². The van der Waals surface area contributed by atoms with Crippen molar-refractivity contribution in [3.8, 4) is 0 Å². The summed E-state index contributed by atoms with van der Waals surface area (Å²) in [5.74, 6) is -4.68. The van der Waals surface area contributed by atoms with Gasteiger partial charge in [0, 0.05) is 0 Å². The van der Waals surface area contributed by atoms with Crippen LogP contribution in [0.25, 0.3) is 0 Å². The summed E-state index contributed by atoms with van der Waals surface area (Å²) in [6.07, 6.45) is 1.06. The minimum atomic E-state index is -4.69. The van der Waals surface area contributed by atoms with Crippen LogP contribution in [0.15, 0.2) is 25.3 Å². The van der Waals surface area contributed by atoms with Gasteiger partial charge in [-0.25, -0.2) is 8.78 Å². The molecule has 64 valence electrons. The van der Waals surface area contributed by atoms with Crippen LogP contribution in [0.4, 0.5) is 8.78 Å². The normalized spacial score (nSPS) is 19.6. The predicted molar refractivity (Wildman–Crippen MR) is 37.8 cm³/mol. The number of halogens is 2. The van der Waals surface area contributed by atoms with Gasteiger partial charge in [-0.1, -0.05) is 25.3 Å². The quantitative estimate of drug-likeness (QED) is 0.321. The number of alkyl halides is 2. The molecule has 0 aliphatic carbocycles. The van der Waals surface area contributed by atoms with Gasteiger partial charge < -0.3 is 9.46 Å². The molecule has 0 aromatic rings. The summed E-state index contributed by atoms with van der Waals surface area (Å²) in [5.41, 5.74) is 0. The molecule has 0 amide bonds. The second kappa shape index (κ2) is 6.06. The van der Waals surface area contributed by atoms with E-state index in [1.807, 2.05) is 0 Å². The van der Waals surface area contributed by atoms with Crippen LogP contribution in [0.5, 0.6) is 0 Å². The molecule has 0 N–H and O–H groups in total. The van der Waals surface area contributed by atoms with Crippen LogP contribution >= 0.6 is 7.37 Å². The molecule has 0 aliphatic rings.